The van der Waals surface area contributed by atoms with Gasteiger partial charge in [-0.25, -0.2) is 0 Å². The quantitative estimate of drug-likeness (QED) is 0.376. The fourth-order valence-corrected chi connectivity index (χ4v) is 4.01. The third-order valence-corrected chi connectivity index (χ3v) is 5.70. The predicted molar refractivity (Wildman–Crippen MR) is 128 cm³/mol. The average molecular weight is 426 g/mol. The maximum atomic E-state index is 12.3. The van der Waals surface area contributed by atoms with Crippen LogP contribution in [0.2, 0.25) is 0 Å². The number of carbonyl (C=O) groups excluding carboxylic acids is 1. The summed E-state index contributed by atoms with van der Waals surface area (Å²) in [6, 6.07) is 28.4. The molecule has 4 nitrogen and oxygen atoms in total. The number of benzene rings is 3. The minimum Gasteiger partial charge on any atom is -0.325 e. The first-order valence-corrected chi connectivity index (χ1v) is 11.1. The number of thioether (sulfide) groups is 1. The summed E-state index contributed by atoms with van der Waals surface area (Å²) in [5, 5.41) is 12.3. The van der Waals surface area contributed by atoms with Crippen LogP contribution in [0.1, 0.15) is 11.1 Å². The van der Waals surface area contributed by atoms with Crippen LogP contribution in [-0.2, 0) is 4.79 Å². The van der Waals surface area contributed by atoms with Crippen LogP contribution >= 0.6 is 11.8 Å². The lowest BCUT2D eigenvalue weighted by atomic mass is 10.0. The molecule has 0 atom stereocenters. The van der Waals surface area contributed by atoms with Gasteiger partial charge in [-0.3, -0.25) is 4.79 Å². The van der Waals surface area contributed by atoms with E-state index in [1.54, 1.807) is 0 Å². The Labute approximate surface area is 186 Å². The van der Waals surface area contributed by atoms with Gasteiger partial charge < -0.3 is 5.32 Å². The Morgan fingerprint density at radius 1 is 0.774 bits per heavy atom. The summed E-state index contributed by atoms with van der Waals surface area (Å²) in [5.41, 5.74) is 7.25. The number of hydrogen-bond acceptors (Lipinski definition) is 4. The summed E-state index contributed by atoms with van der Waals surface area (Å²) in [5.74, 6) is 0.227. The second-order valence-corrected chi connectivity index (χ2v) is 8.41. The summed E-state index contributed by atoms with van der Waals surface area (Å²) in [6.07, 6.45) is 0. The van der Waals surface area contributed by atoms with E-state index in [1.165, 1.54) is 22.9 Å². The molecule has 0 unspecified atom stereocenters. The van der Waals surface area contributed by atoms with Crippen molar-refractivity contribution >= 4 is 23.4 Å². The highest BCUT2D eigenvalue weighted by atomic mass is 32.2. The van der Waals surface area contributed by atoms with Gasteiger partial charge in [0.2, 0.25) is 5.91 Å². The average Bonchev–Trinajstić information content (AvgIpc) is 2.78. The van der Waals surface area contributed by atoms with Crippen LogP contribution < -0.4 is 5.32 Å². The molecule has 4 aromatic rings. The molecule has 0 aliphatic heterocycles. The maximum Gasteiger partial charge on any atom is 0.234 e. The Morgan fingerprint density at radius 3 is 2.06 bits per heavy atom. The number of aromatic nitrogens is 2. The monoisotopic (exact) mass is 425 g/mol. The number of aryl methyl sites for hydroxylation is 2. The van der Waals surface area contributed by atoms with Gasteiger partial charge in [0.1, 0.15) is 5.03 Å². The zero-order valence-electron chi connectivity index (χ0n) is 17.5. The topological polar surface area (TPSA) is 54.9 Å². The zero-order chi connectivity index (χ0) is 21.6. The fourth-order valence-electron chi connectivity index (χ4n) is 3.40. The molecule has 0 radical (unpaired) electrons. The van der Waals surface area contributed by atoms with Crippen molar-refractivity contribution in [3.8, 4) is 22.4 Å². The number of amides is 1. The first-order chi connectivity index (χ1) is 15.1. The molecule has 4 rings (SSSR count). The smallest absolute Gasteiger partial charge is 0.234 e. The second kappa shape index (κ2) is 9.58. The van der Waals surface area contributed by atoms with Gasteiger partial charge in [0, 0.05) is 11.3 Å². The van der Waals surface area contributed by atoms with E-state index in [-0.39, 0.29) is 11.7 Å². The number of nitrogens with one attached hydrogen (secondary N) is 1. The van der Waals surface area contributed by atoms with E-state index >= 15 is 0 Å². The summed E-state index contributed by atoms with van der Waals surface area (Å²) in [6.45, 7) is 4.04. The molecule has 1 heterocycles. The molecule has 0 saturated carbocycles. The molecule has 31 heavy (non-hydrogen) atoms. The van der Waals surface area contributed by atoms with Gasteiger partial charge >= 0.3 is 0 Å². The Kier molecular flexibility index (Phi) is 6.43. The van der Waals surface area contributed by atoms with Crippen molar-refractivity contribution in [2.45, 2.75) is 18.9 Å². The lowest BCUT2D eigenvalue weighted by Gasteiger charge is -2.07. The highest BCUT2D eigenvalue weighted by Crippen LogP contribution is 2.24. The highest BCUT2D eigenvalue weighted by molar-refractivity contribution is 7.99. The maximum absolute atomic E-state index is 12.3. The molecule has 154 valence electrons. The molecule has 1 amide bonds. The van der Waals surface area contributed by atoms with E-state index in [4.69, 9.17) is 0 Å². The van der Waals surface area contributed by atoms with E-state index in [9.17, 15) is 4.79 Å². The third kappa shape index (κ3) is 5.58. The number of rotatable bonds is 6. The molecule has 3 aromatic carbocycles. The molecule has 0 aliphatic carbocycles. The molecular weight excluding hydrogens is 402 g/mol. The predicted octanol–water partition coefficient (Wildman–Crippen LogP) is 6.16. The highest BCUT2D eigenvalue weighted by Gasteiger charge is 2.07. The van der Waals surface area contributed by atoms with Crippen molar-refractivity contribution in [3.05, 3.63) is 96.1 Å². The van der Waals surface area contributed by atoms with Gasteiger partial charge in [0.25, 0.3) is 0 Å². The van der Waals surface area contributed by atoms with Crippen molar-refractivity contribution in [2.24, 2.45) is 0 Å². The first kappa shape index (κ1) is 20.8. The minimum atomic E-state index is -0.0580. The largest absolute Gasteiger partial charge is 0.325 e. The number of hydrogen-bond donors (Lipinski definition) is 1. The van der Waals surface area contributed by atoms with E-state index in [0.717, 1.165) is 33.1 Å². The summed E-state index contributed by atoms with van der Waals surface area (Å²) in [4.78, 5) is 12.3. The van der Waals surface area contributed by atoms with Gasteiger partial charge in [-0.15, -0.1) is 10.2 Å². The second-order valence-electron chi connectivity index (χ2n) is 7.41. The van der Waals surface area contributed by atoms with Crippen molar-refractivity contribution in [2.75, 3.05) is 11.1 Å². The summed E-state index contributed by atoms with van der Waals surface area (Å²) < 4.78 is 0. The normalized spacial score (nSPS) is 10.6. The van der Waals surface area contributed by atoms with Crippen LogP contribution in [0.15, 0.2) is 90.0 Å². The van der Waals surface area contributed by atoms with Gasteiger partial charge in [-0.1, -0.05) is 72.4 Å². The molecular formula is C26H23N3OS. The number of nitrogens with zero attached hydrogens (tertiary/aromatic N) is 2. The first-order valence-electron chi connectivity index (χ1n) is 10.1. The minimum absolute atomic E-state index is 0.0580. The zero-order valence-corrected chi connectivity index (χ0v) is 18.3. The molecule has 5 heteroatoms. The lowest BCUT2D eigenvalue weighted by Crippen LogP contribution is -2.14. The van der Waals surface area contributed by atoms with Gasteiger partial charge in [0.05, 0.1) is 11.4 Å². The van der Waals surface area contributed by atoms with Gasteiger partial charge in [0.15, 0.2) is 0 Å². The standard InChI is InChI=1S/C26H23N3OS/c1-18-14-19(2)16-23(15-18)27-25(30)17-31-26-13-12-24(28-29-26)22-10-8-21(9-11-22)20-6-4-3-5-7-20/h3-16H,17H2,1-2H3,(H,27,30). The Hall–Kier alpha value is -3.44. The van der Waals surface area contributed by atoms with Crippen LogP contribution in [0, 0.1) is 13.8 Å². The van der Waals surface area contributed by atoms with Crippen LogP contribution in [-0.4, -0.2) is 21.9 Å². The Balaban J connectivity index is 1.35. The molecule has 0 bridgehead atoms. The van der Waals surface area contributed by atoms with E-state index in [2.05, 4.69) is 58.0 Å². The molecule has 0 aliphatic rings. The van der Waals surface area contributed by atoms with Gasteiger partial charge in [-0.05, 0) is 60.4 Å². The molecule has 1 N–H and O–H groups in total. The SMILES string of the molecule is Cc1cc(C)cc(NC(=O)CSc2ccc(-c3ccc(-c4ccccc4)cc3)nn2)c1. The van der Waals surface area contributed by atoms with Crippen LogP contribution in [0.5, 0.6) is 0 Å². The lowest BCUT2D eigenvalue weighted by molar-refractivity contribution is -0.113. The third-order valence-electron chi connectivity index (χ3n) is 4.78. The van der Waals surface area contributed by atoms with Crippen LogP contribution in [0.25, 0.3) is 22.4 Å². The number of anilines is 1. The Morgan fingerprint density at radius 2 is 1.42 bits per heavy atom. The van der Waals surface area contributed by atoms with Crippen molar-refractivity contribution in [3.63, 3.8) is 0 Å². The summed E-state index contributed by atoms with van der Waals surface area (Å²) >= 11 is 1.37. The van der Waals surface area contributed by atoms with E-state index < -0.39 is 0 Å². The molecule has 0 saturated heterocycles. The van der Waals surface area contributed by atoms with Crippen molar-refractivity contribution in [1.29, 1.82) is 0 Å². The molecule has 0 spiro atoms. The van der Waals surface area contributed by atoms with E-state index in [0.29, 0.717) is 0 Å². The molecule has 0 fully saturated rings. The number of carbonyl (C=O) groups is 1. The Bertz CT molecular complexity index is 1150. The van der Waals surface area contributed by atoms with Crippen molar-refractivity contribution in [1.82, 2.24) is 10.2 Å². The summed E-state index contributed by atoms with van der Waals surface area (Å²) in [7, 11) is 0. The van der Waals surface area contributed by atoms with Gasteiger partial charge in [-0.2, -0.15) is 0 Å². The molecule has 1 aromatic heterocycles. The van der Waals surface area contributed by atoms with Crippen LogP contribution in [0.3, 0.4) is 0 Å². The van der Waals surface area contributed by atoms with E-state index in [1.807, 2.05) is 56.3 Å². The van der Waals surface area contributed by atoms with Crippen molar-refractivity contribution < 1.29 is 4.79 Å². The van der Waals surface area contributed by atoms with Crippen LogP contribution in [0.4, 0.5) is 5.69 Å². The fraction of sp³-hybridized carbons (Fsp3) is 0.115.